The lowest BCUT2D eigenvalue weighted by Gasteiger charge is -2.16. The molecule has 18 heavy (non-hydrogen) atoms. The van der Waals surface area contributed by atoms with Gasteiger partial charge in [0.15, 0.2) is 0 Å². The maximum absolute atomic E-state index is 6.09. The predicted octanol–water partition coefficient (Wildman–Crippen LogP) is 3.51. The number of imidazole rings is 1. The van der Waals surface area contributed by atoms with E-state index in [9.17, 15) is 0 Å². The number of rotatable bonds is 4. The summed E-state index contributed by atoms with van der Waals surface area (Å²) in [6.45, 7) is 5.39. The van der Waals surface area contributed by atoms with Crippen molar-refractivity contribution in [2.24, 2.45) is 5.41 Å². The summed E-state index contributed by atoms with van der Waals surface area (Å²) in [7, 11) is 0. The average Bonchev–Trinajstić information content (AvgIpc) is 3.00. The van der Waals surface area contributed by atoms with Crippen LogP contribution in [0.5, 0.6) is 0 Å². The molecule has 2 aromatic rings. The molecule has 2 N–H and O–H groups in total. The van der Waals surface area contributed by atoms with Crippen LogP contribution < -0.4 is 5.73 Å². The maximum Gasteiger partial charge on any atom is 0.201 e. The first-order valence-electron chi connectivity index (χ1n) is 6.86. The van der Waals surface area contributed by atoms with Gasteiger partial charge in [-0.25, -0.2) is 4.98 Å². The normalized spacial score (nSPS) is 17.2. The van der Waals surface area contributed by atoms with Crippen LogP contribution in [0.25, 0.3) is 11.0 Å². The molecule has 1 aromatic heterocycles. The molecule has 1 saturated carbocycles. The molecule has 0 saturated heterocycles. The molecule has 0 aliphatic heterocycles. The zero-order chi connectivity index (χ0) is 12.8. The van der Waals surface area contributed by atoms with Crippen molar-refractivity contribution in [1.82, 2.24) is 9.55 Å². The first-order chi connectivity index (χ1) is 8.63. The number of nitrogen functional groups attached to an aromatic ring is 1. The number of hydrogen-bond acceptors (Lipinski definition) is 2. The van der Waals surface area contributed by atoms with E-state index in [1.165, 1.54) is 36.8 Å². The van der Waals surface area contributed by atoms with Crippen LogP contribution in [0, 0.1) is 12.3 Å². The van der Waals surface area contributed by atoms with Crippen LogP contribution in [0.2, 0.25) is 0 Å². The molecule has 0 spiro atoms. The van der Waals surface area contributed by atoms with Crippen molar-refractivity contribution in [3.8, 4) is 0 Å². The minimum atomic E-state index is 0.501. The summed E-state index contributed by atoms with van der Waals surface area (Å²) in [6.07, 6.45) is 5.24. The molecule has 3 heteroatoms. The zero-order valence-electron chi connectivity index (χ0n) is 11.2. The van der Waals surface area contributed by atoms with E-state index in [1.54, 1.807) is 0 Å². The van der Waals surface area contributed by atoms with Crippen molar-refractivity contribution in [3.63, 3.8) is 0 Å². The summed E-state index contributed by atoms with van der Waals surface area (Å²) in [6, 6.07) is 6.40. The Morgan fingerprint density at radius 1 is 1.39 bits per heavy atom. The zero-order valence-corrected chi connectivity index (χ0v) is 11.2. The molecule has 1 fully saturated rings. The number of nitrogens with zero attached hydrogens (tertiary/aromatic N) is 2. The molecule has 1 aliphatic rings. The van der Waals surface area contributed by atoms with E-state index < -0.39 is 0 Å². The Morgan fingerprint density at radius 3 is 2.83 bits per heavy atom. The second-order valence-corrected chi connectivity index (χ2v) is 5.80. The van der Waals surface area contributed by atoms with E-state index in [-0.39, 0.29) is 0 Å². The van der Waals surface area contributed by atoms with Crippen LogP contribution >= 0.6 is 0 Å². The summed E-state index contributed by atoms with van der Waals surface area (Å²) < 4.78 is 2.21. The van der Waals surface area contributed by atoms with Gasteiger partial charge in [0.2, 0.25) is 5.95 Å². The molecule has 1 heterocycles. The lowest BCUT2D eigenvalue weighted by molar-refractivity contribution is 0.396. The van der Waals surface area contributed by atoms with Crippen LogP contribution in [0.1, 0.15) is 38.2 Å². The van der Waals surface area contributed by atoms with Gasteiger partial charge in [0.25, 0.3) is 0 Å². The molecule has 0 amide bonds. The molecular weight excluding hydrogens is 222 g/mol. The van der Waals surface area contributed by atoms with Gasteiger partial charge >= 0.3 is 0 Å². The van der Waals surface area contributed by atoms with Crippen LogP contribution in [0.3, 0.4) is 0 Å². The van der Waals surface area contributed by atoms with E-state index in [4.69, 9.17) is 5.73 Å². The van der Waals surface area contributed by atoms with Crippen molar-refractivity contribution in [2.75, 3.05) is 5.73 Å². The van der Waals surface area contributed by atoms with Crippen molar-refractivity contribution < 1.29 is 0 Å². The lowest BCUT2D eigenvalue weighted by Crippen LogP contribution is -2.13. The summed E-state index contributed by atoms with van der Waals surface area (Å²) in [5.74, 6) is 0.665. The van der Waals surface area contributed by atoms with Gasteiger partial charge in [0.05, 0.1) is 11.0 Å². The molecule has 3 rings (SSSR count). The Hall–Kier alpha value is -1.51. The van der Waals surface area contributed by atoms with Crippen LogP contribution in [-0.2, 0) is 6.54 Å². The Morgan fingerprint density at radius 2 is 2.17 bits per heavy atom. The number of benzene rings is 1. The smallest absolute Gasteiger partial charge is 0.201 e. The quantitative estimate of drug-likeness (QED) is 0.893. The van der Waals surface area contributed by atoms with Gasteiger partial charge < -0.3 is 10.3 Å². The monoisotopic (exact) mass is 243 g/mol. The third-order valence-corrected chi connectivity index (χ3v) is 4.16. The predicted molar refractivity (Wildman–Crippen MR) is 75.5 cm³/mol. The lowest BCUT2D eigenvalue weighted by atomic mass is 10.0. The summed E-state index contributed by atoms with van der Waals surface area (Å²) in [5.41, 5.74) is 10.0. The van der Waals surface area contributed by atoms with E-state index in [0.29, 0.717) is 11.4 Å². The molecule has 96 valence electrons. The van der Waals surface area contributed by atoms with Crippen LogP contribution in [0.4, 0.5) is 5.95 Å². The molecule has 0 atom stereocenters. The van der Waals surface area contributed by atoms with Crippen molar-refractivity contribution >= 4 is 17.0 Å². The van der Waals surface area contributed by atoms with Gasteiger partial charge in [0.1, 0.15) is 0 Å². The topological polar surface area (TPSA) is 43.8 Å². The maximum atomic E-state index is 6.09. The molecule has 0 radical (unpaired) electrons. The van der Waals surface area contributed by atoms with Crippen LogP contribution in [0.15, 0.2) is 18.2 Å². The van der Waals surface area contributed by atoms with Gasteiger partial charge in [-0.2, -0.15) is 0 Å². The Labute approximate surface area is 108 Å². The number of fused-ring (bicyclic) bond motifs is 1. The van der Waals surface area contributed by atoms with Gasteiger partial charge in [-0.3, -0.25) is 0 Å². The van der Waals surface area contributed by atoms with Crippen molar-refractivity contribution in [3.05, 3.63) is 23.8 Å². The van der Waals surface area contributed by atoms with Crippen LogP contribution in [-0.4, -0.2) is 9.55 Å². The minimum absolute atomic E-state index is 0.501. The summed E-state index contributed by atoms with van der Waals surface area (Å²) in [5, 5.41) is 0. The van der Waals surface area contributed by atoms with E-state index >= 15 is 0 Å². The van der Waals surface area contributed by atoms with Gasteiger partial charge in [-0.15, -0.1) is 0 Å². The Bertz CT molecular complexity index is 579. The fourth-order valence-corrected chi connectivity index (χ4v) is 2.95. The number of hydrogen-bond donors (Lipinski definition) is 1. The van der Waals surface area contributed by atoms with Crippen molar-refractivity contribution in [2.45, 2.75) is 46.1 Å². The van der Waals surface area contributed by atoms with Crippen molar-refractivity contribution in [1.29, 1.82) is 0 Å². The van der Waals surface area contributed by atoms with E-state index in [0.717, 1.165) is 12.1 Å². The fraction of sp³-hybridized carbons (Fsp3) is 0.533. The van der Waals surface area contributed by atoms with Gasteiger partial charge in [-0.1, -0.05) is 19.4 Å². The minimum Gasteiger partial charge on any atom is -0.369 e. The highest BCUT2D eigenvalue weighted by atomic mass is 15.2. The fourth-order valence-electron chi connectivity index (χ4n) is 2.95. The highest BCUT2D eigenvalue weighted by molar-refractivity contribution is 5.79. The van der Waals surface area contributed by atoms with E-state index in [2.05, 4.69) is 41.6 Å². The third-order valence-electron chi connectivity index (χ3n) is 4.16. The molecule has 3 nitrogen and oxygen atoms in total. The summed E-state index contributed by atoms with van der Waals surface area (Å²) in [4.78, 5) is 4.49. The molecule has 1 aliphatic carbocycles. The number of aryl methyl sites for hydroxylation is 1. The Kier molecular flexibility index (Phi) is 2.58. The SMILES string of the molecule is CCCC1(Cn2c(N)nc3cc(C)ccc32)CC1. The number of anilines is 1. The summed E-state index contributed by atoms with van der Waals surface area (Å²) >= 11 is 0. The Balaban J connectivity index is 1.99. The van der Waals surface area contributed by atoms with E-state index in [1.807, 2.05) is 0 Å². The third kappa shape index (κ3) is 1.88. The van der Waals surface area contributed by atoms with Gasteiger partial charge in [-0.05, 0) is 49.3 Å². The number of nitrogens with two attached hydrogens (primary N) is 1. The first kappa shape index (κ1) is 11.6. The highest BCUT2D eigenvalue weighted by Crippen LogP contribution is 2.51. The largest absolute Gasteiger partial charge is 0.369 e. The molecule has 0 bridgehead atoms. The highest BCUT2D eigenvalue weighted by Gasteiger charge is 2.42. The molecular formula is C15H21N3. The molecule has 1 aromatic carbocycles. The average molecular weight is 243 g/mol. The van der Waals surface area contributed by atoms with Gasteiger partial charge in [0, 0.05) is 6.54 Å². The molecule has 0 unspecified atom stereocenters. The second-order valence-electron chi connectivity index (χ2n) is 5.80. The number of aromatic nitrogens is 2. The first-order valence-corrected chi connectivity index (χ1v) is 6.86. The standard InChI is InChI=1S/C15H21N3/c1-3-6-15(7-8-15)10-18-13-5-4-11(2)9-12(13)17-14(18)16/h4-5,9H,3,6-8,10H2,1-2H3,(H2,16,17). The second kappa shape index (κ2) is 4.01.